The Morgan fingerprint density at radius 2 is 1.81 bits per heavy atom. The van der Waals surface area contributed by atoms with Crippen molar-refractivity contribution in [2.45, 2.75) is 73.5 Å². The molecule has 0 saturated carbocycles. The van der Waals surface area contributed by atoms with Crippen LogP contribution < -0.4 is 10.1 Å². The summed E-state index contributed by atoms with van der Waals surface area (Å²) in [7, 11) is 1.84. The standard InChI is InChI=1S/C33H33F2N3O4.C4H11N.CH4/c1-3-27-30-26(36-37(27)2)19-41-16-5-4-15-38-31-24(13-14-25(35)29(30)31)23(32(38)33(39)40)9-7-17-42-28-10-6-8-20-18-21(34)11-12-22(20)28;1-3-5-4-2;/h6,8,10-14,18H,3-5,7,9,15-17,19H2,1-2H3,(H,39,40);5H,3-4H2,1-2H3;1H4. The first-order valence-electron chi connectivity index (χ1n) is 16.5. The summed E-state index contributed by atoms with van der Waals surface area (Å²) >= 11 is 0. The monoisotopic (exact) mass is 662 g/mol. The molecule has 10 heteroatoms. The summed E-state index contributed by atoms with van der Waals surface area (Å²) in [6.07, 6.45) is 3.03. The first-order valence-corrected chi connectivity index (χ1v) is 16.5. The number of aromatic nitrogens is 3. The van der Waals surface area contributed by atoms with Gasteiger partial charge >= 0.3 is 5.97 Å². The van der Waals surface area contributed by atoms with Crippen molar-refractivity contribution in [3.63, 3.8) is 0 Å². The molecule has 5 aromatic rings. The molecule has 3 heterocycles. The molecular weight excluding hydrogens is 614 g/mol. The maximum absolute atomic E-state index is 15.9. The average Bonchev–Trinajstić information content (AvgIpc) is 3.53. The number of fused-ring (bicyclic) bond motifs is 3. The number of aryl methyl sites for hydroxylation is 3. The molecule has 0 atom stereocenters. The Balaban J connectivity index is 0.000000808. The van der Waals surface area contributed by atoms with Crippen molar-refractivity contribution in [2.24, 2.45) is 7.05 Å². The fourth-order valence-corrected chi connectivity index (χ4v) is 6.54. The van der Waals surface area contributed by atoms with Crippen LogP contribution in [0.15, 0.2) is 48.5 Å². The number of hydrogen-bond donors (Lipinski definition) is 2. The highest BCUT2D eigenvalue weighted by molar-refractivity contribution is 6.04. The van der Waals surface area contributed by atoms with Crippen LogP contribution in [0.25, 0.3) is 32.8 Å². The molecule has 1 aliphatic heterocycles. The number of carboxylic acids is 1. The zero-order chi connectivity index (χ0) is 33.5. The summed E-state index contributed by atoms with van der Waals surface area (Å²) < 4.78 is 45.1. The Labute approximate surface area is 281 Å². The van der Waals surface area contributed by atoms with Gasteiger partial charge in [0.05, 0.1) is 24.4 Å². The first kappa shape index (κ1) is 36.6. The van der Waals surface area contributed by atoms with Crippen molar-refractivity contribution in [3.8, 4) is 16.9 Å². The lowest BCUT2D eigenvalue weighted by atomic mass is 9.96. The Kier molecular flexibility index (Phi) is 12.7. The second-order valence-corrected chi connectivity index (χ2v) is 11.6. The van der Waals surface area contributed by atoms with Crippen LogP contribution in [0.3, 0.4) is 0 Å². The number of ether oxygens (including phenoxy) is 2. The number of hydrogen-bond acceptors (Lipinski definition) is 5. The minimum absolute atomic E-state index is 0. The van der Waals surface area contributed by atoms with Gasteiger partial charge in [0, 0.05) is 47.8 Å². The van der Waals surface area contributed by atoms with Gasteiger partial charge in [-0.25, -0.2) is 13.6 Å². The van der Waals surface area contributed by atoms with E-state index in [1.807, 2.05) is 32.2 Å². The van der Waals surface area contributed by atoms with E-state index >= 15 is 4.39 Å². The molecule has 0 radical (unpaired) electrons. The van der Waals surface area contributed by atoms with Crippen LogP contribution in [-0.2, 0) is 37.8 Å². The number of rotatable bonds is 9. The van der Waals surface area contributed by atoms with Crippen LogP contribution in [-0.4, -0.2) is 51.7 Å². The second kappa shape index (κ2) is 16.7. The van der Waals surface area contributed by atoms with Gasteiger partial charge in [0.25, 0.3) is 0 Å². The van der Waals surface area contributed by atoms with E-state index in [-0.39, 0.29) is 25.5 Å². The molecule has 0 unspecified atom stereocenters. The molecule has 2 aromatic heterocycles. The highest BCUT2D eigenvalue weighted by atomic mass is 19.1. The van der Waals surface area contributed by atoms with E-state index in [9.17, 15) is 14.3 Å². The maximum Gasteiger partial charge on any atom is 0.352 e. The van der Waals surface area contributed by atoms with E-state index < -0.39 is 11.8 Å². The van der Waals surface area contributed by atoms with Crippen LogP contribution in [0.4, 0.5) is 8.78 Å². The molecule has 0 bridgehead atoms. The number of benzene rings is 3. The molecule has 0 fully saturated rings. The predicted octanol–water partition coefficient (Wildman–Crippen LogP) is 8.31. The van der Waals surface area contributed by atoms with Crippen LogP contribution in [0.2, 0.25) is 0 Å². The predicted molar refractivity (Wildman–Crippen MR) is 188 cm³/mol. The van der Waals surface area contributed by atoms with Gasteiger partial charge in [-0.15, -0.1) is 0 Å². The Bertz CT molecular complexity index is 1860. The third-order valence-electron chi connectivity index (χ3n) is 8.59. The smallest absolute Gasteiger partial charge is 0.352 e. The SMILES string of the molecule is C.CCNCC.CCc1c2c(nn1C)COCCCCn1c(C(=O)O)c(CCCOc3cccc4cc(F)ccc34)c3ccc(F)c-2c31. The summed E-state index contributed by atoms with van der Waals surface area (Å²) in [4.78, 5) is 12.8. The molecule has 0 amide bonds. The van der Waals surface area contributed by atoms with Gasteiger partial charge in [-0.2, -0.15) is 5.10 Å². The number of carbonyl (C=O) groups is 1. The second-order valence-electron chi connectivity index (χ2n) is 11.6. The van der Waals surface area contributed by atoms with Crippen molar-refractivity contribution in [2.75, 3.05) is 26.3 Å². The van der Waals surface area contributed by atoms with E-state index in [0.29, 0.717) is 79.1 Å². The van der Waals surface area contributed by atoms with E-state index in [1.54, 1.807) is 21.4 Å². The zero-order valence-corrected chi connectivity index (χ0v) is 27.7. The average molecular weight is 663 g/mol. The number of carboxylic acid groups (broad SMARTS) is 1. The van der Waals surface area contributed by atoms with Crippen molar-refractivity contribution in [1.29, 1.82) is 0 Å². The quantitative estimate of drug-likeness (QED) is 0.154. The number of nitrogens with zero attached hydrogens (tertiary/aromatic N) is 3. The van der Waals surface area contributed by atoms with E-state index in [1.165, 1.54) is 18.2 Å². The normalized spacial score (nSPS) is 12.9. The van der Waals surface area contributed by atoms with Crippen LogP contribution in [0.5, 0.6) is 5.75 Å². The Hall–Kier alpha value is -4.28. The molecule has 2 N–H and O–H groups in total. The number of aromatic carboxylic acids is 1. The third-order valence-corrected chi connectivity index (χ3v) is 8.59. The topological polar surface area (TPSA) is 90.5 Å². The summed E-state index contributed by atoms with van der Waals surface area (Å²) in [6.45, 7) is 9.92. The zero-order valence-electron chi connectivity index (χ0n) is 27.7. The van der Waals surface area contributed by atoms with E-state index in [4.69, 9.17) is 9.47 Å². The van der Waals surface area contributed by atoms with Crippen molar-refractivity contribution >= 4 is 27.6 Å². The van der Waals surface area contributed by atoms with Gasteiger partial charge in [0.15, 0.2) is 0 Å². The lowest BCUT2D eigenvalue weighted by Crippen LogP contribution is -2.12. The third kappa shape index (κ3) is 7.55. The molecule has 0 spiro atoms. The number of halogens is 2. The fraction of sp³-hybridized carbons (Fsp3) is 0.421. The van der Waals surface area contributed by atoms with Gasteiger partial charge in [-0.3, -0.25) is 4.68 Å². The summed E-state index contributed by atoms with van der Waals surface area (Å²) in [5.74, 6) is -1.12. The highest BCUT2D eigenvalue weighted by Gasteiger charge is 2.29. The highest BCUT2D eigenvalue weighted by Crippen LogP contribution is 2.41. The molecular formula is C38H48F2N4O4. The fourth-order valence-electron chi connectivity index (χ4n) is 6.54. The van der Waals surface area contributed by atoms with Gasteiger partial charge in [-0.1, -0.05) is 40.3 Å². The molecule has 0 aliphatic carbocycles. The van der Waals surface area contributed by atoms with Gasteiger partial charge < -0.3 is 24.5 Å². The summed E-state index contributed by atoms with van der Waals surface area (Å²) in [6, 6.07) is 13.2. The largest absolute Gasteiger partial charge is 0.493 e. The summed E-state index contributed by atoms with van der Waals surface area (Å²) in [5.41, 5.74) is 4.02. The van der Waals surface area contributed by atoms with Crippen LogP contribution in [0.1, 0.15) is 74.9 Å². The molecule has 6 rings (SSSR count). The van der Waals surface area contributed by atoms with Gasteiger partial charge in [-0.05, 0) is 92.5 Å². The minimum atomic E-state index is -1.04. The molecule has 8 nitrogen and oxygen atoms in total. The minimum Gasteiger partial charge on any atom is -0.493 e. The van der Waals surface area contributed by atoms with Crippen molar-refractivity contribution in [3.05, 3.63) is 82.8 Å². The Morgan fingerprint density at radius 1 is 1.04 bits per heavy atom. The maximum atomic E-state index is 15.9. The molecule has 1 aliphatic rings. The molecule has 48 heavy (non-hydrogen) atoms. The van der Waals surface area contributed by atoms with Crippen LogP contribution >= 0.6 is 0 Å². The molecule has 0 saturated heterocycles. The molecule has 258 valence electrons. The summed E-state index contributed by atoms with van der Waals surface area (Å²) in [5, 5.41) is 20.5. The van der Waals surface area contributed by atoms with E-state index in [2.05, 4.69) is 24.3 Å². The first-order chi connectivity index (χ1) is 22.8. The Morgan fingerprint density at radius 3 is 2.52 bits per heavy atom. The lowest BCUT2D eigenvalue weighted by molar-refractivity contribution is 0.0683. The molecule has 3 aromatic carbocycles. The van der Waals surface area contributed by atoms with E-state index in [0.717, 1.165) is 41.4 Å². The van der Waals surface area contributed by atoms with Crippen LogP contribution in [0, 0.1) is 11.6 Å². The number of nitrogens with one attached hydrogen (secondary N) is 1. The van der Waals surface area contributed by atoms with Gasteiger partial charge in [0.1, 0.15) is 23.1 Å². The van der Waals surface area contributed by atoms with Crippen molar-refractivity contribution in [1.82, 2.24) is 19.7 Å². The van der Waals surface area contributed by atoms with Gasteiger partial charge in [0.2, 0.25) is 0 Å². The lowest BCUT2D eigenvalue weighted by Gasteiger charge is -2.13. The van der Waals surface area contributed by atoms with Crippen molar-refractivity contribution < 1.29 is 28.2 Å².